The molecule has 38 heavy (non-hydrogen) atoms. The molecule has 11 heteroatoms. The number of sulfonamides is 1. The third-order valence-corrected chi connectivity index (χ3v) is 7.86. The van der Waals surface area contributed by atoms with Gasteiger partial charge >= 0.3 is 0 Å². The fourth-order valence-electron chi connectivity index (χ4n) is 3.97. The van der Waals surface area contributed by atoms with Gasteiger partial charge in [-0.3, -0.25) is 13.9 Å². The van der Waals surface area contributed by atoms with E-state index in [1.165, 1.54) is 16.3 Å². The number of hydrogen-bond acceptors (Lipinski definition) is 5. The predicted molar refractivity (Wildman–Crippen MR) is 153 cm³/mol. The summed E-state index contributed by atoms with van der Waals surface area (Å²) in [5.74, 6) is 0.212. The molecule has 1 N–H and O–H groups in total. The summed E-state index contributed by atoms with van der Waals surface area (Å²) in [5.41, 5.74) is 0.993. The molecule has 2 aromatic rings. The average molecular weight is 587 g/mol. The molecule has 0 saturated carbocycles. The zero-order valence-electron chi connectivity index (χ0n) is 22.5. The van der Waals surface area contributed by atoms with Gasteiger partial charge in [0.15, 0.2) is 0 Å². The number of nitrogens with zero attached hydrogens (tertiary/aromatic N) is 2. The molecule has 0 aliphatic carbocycles. The van der Waals surface area contributed by atoms with Gasteiger partial charge in [0.25, 0.3) is 0 Å². The average Bonchev–Trinajstić information content (AvgIpc) is 2.86. The monoisotopic (exact) mass is 585 g/mol. The van der Waals surface area contributed by atoms with E-state index in [9.17, 15) is 18.0 Å². The number of methoxy groups -OCH3 is 1. The number of anilines is 1. The van der Waals surface area contributed by atoms with E-state index in [-0.39, 0.29) is 43.7 Å². The molecule has 0 aliphatic heterocycles. The lowest BCUT2D eigenvalue weighted by molar-refractivity contribution is -0.141. The molecular formula is C27H37Cl2N3O5S. The van der Waals surface area contributed by atoms with Gasteiger partial charge in [-0.1, -0.05) is 56.1 Å². The Hall–Kier alpha value is -2.49. The van der Waals surface area contributed by atoms with Crippen molar-refractivity contribution >= 4 is 50.7 Å². The van der Waals surface area contributed by atoms with E-state index in [2.05, 4.69) is 5.32 Å². The molecule has 2 aromatic carbocycles. The highest BCUT2D eigenvalue weighted by atomic mass is 35.5. The Balaban J connectivity index is 2.28. The van der Waals surface area contributed by atoms with Crippen molar-refractivity contribution in [1.82, 2.24) is 10.2 Å². The van der Waals surface area contributed by atoms with E-state index in [1.807, 2.05) is 20.8 Å². The van der Waals surface area contributed by atoms with Gasteiger partial charge in [-0.15, -0.1) is 0 Å². The maximum absolute atomic E-state index is 13.6. The first-order valence-corrected chi connectivity index (χ1v) is 15.1. The lowest BCUT2D eigenvalue weighted by Crippen LogP contribution is -2.49. The van der Waals surface area contributed by atoms with Gasteiger partial charge < -0.3 is 15.0 Å². The summed E-state index contributed by atoms with van der Waals surface area (Å²) in [4.78, 5) is 28.1. The molecule has 0 unspecified atom stereocenters. The first-order valence-electron chi connectivity index (χ1n) is 12.5. The number of hydrogen-bond donors (Lipinski definition) is 1. The first kappa shape index (κ1) is 31.7. The van der Waals surface area contributed by atoms with E-state index >= 15 is 0 Å². The number of ether oxygens (including phenoxy) is 1. The van der Waals surface area contributed by atoms with Crippen LogP contribution in [0.25, 0.3) is 0 Å². The minimum atomic E-state index is -3.62. The molecule has 8 nitrogen and oxygen atoms in total. The van der Waals surface area contributed by atoms with E-state index in [4.69, 9.17) is 27.9 Å². The number of carbonyl (C=O) groups excluding carboxylic acids is 2. The van der Waals surface area contributed by atoms with Crippen molar-refractivity contribution in [3.8, 4) is 5.75 Å². The third-order valence-electron chi connectivity index (χ3n) is 5.95. The van der Waals surface area contributed by atoms with Crippen molar-refractivity contribution in [3.05, 3.63) is 58.1 Å². The molecule has 0 saturated heterocycles. The zero-order chi connectivity index (χ0) is 28.5. The minimum absolute atomic E-state index is 0.0199. The Kier molecular flexibility index (Phi) is 12.2. The second-order valence-corrected chi connectivity index (χ2v) is 12.1. The van der Waals surface area contributed by atoms with Gasteiger partial charge in [-0.25, -0.2) is 8.42 Å². The highest BCUT2D eigenvalue weighted by Gasteiger charge is 2.30. The highest BCUT2D eigenvalue weighted by Crippen LogP contribution is 2.28. The Labute approximate surface area is 236 Å². The molecule has 0 spiro atoms. The number of nitrogens with one attached hydrogen (secondary N) is 1. The standard InChI is InChI=1S/C27H37Cl2N3O5S/c1-6-25(27(34)30-17-19(2)3)31(18-22-23(28)12-8-13-24(22)29)26(33)14-9-15-32(38(5,35)36)20-10-7-11-21(16-20)37-4/h7-8,10-13,16,19,25H,6,9,14-15,17-18H2,1-5H3,(H,30,34)/t25-/m0/s1. The molecule has 210 valence electrons. The first-order chi connectivity index (χ1) is 17.9. The quantitative estimate of drug-likeness (QED) is 0.331. The van der Waals surface area contributed by atoms with Gasteiger partial charge in [0, 0.05) is 47.7 Å². The van der Waals surface area contributed by atoms with Crippen molar-refractivity contribution in [2.45, 2.75) is 52.6 Å². The maximum Gasteiger partial charge on any atom is 0.242 e. The van der Waals surface area contributed by atoms with Crippen molar-refractivity contribution in [1.29, 1.82) is 0 Å². The Morgan fingerprint density at radius 3 is 2.26 bits per heavy atom. The third kappa shape index (κ3) is 9.06. The van der Waals surface area contributed by atoms with Crippen LogP contribution in [0.3, 0.4) is 0 Å². The van der Waals surface area contributed by atoms with Crippen LogP contribution in [0.4, 0.5) is 5.69 Å². The molecule has 0 bridgehead atoms. The van der Waals surface area contributed by atoms with E-state index < -0.39 is 16.1 Å². The lowest BCUT2D eigenvalue weighted by Gasteiger charge is -2.32. The van der Waals surface area contributed by atoms with Gasteiger partial charge in [0.05, 0.1) is 19.1 Å². The fraction of sp³-hybridized carbons (Fsp3) is 0.481. The Bertz CT molecular complexity index is 1190. The van der Waals surface area contributed by atoms with E-state index in [0.717, 1.165) is 6.26 Å². The summed E-state index contributed by atoms with van der Waals surface area (Å²) in [6, 6.07) is 11.1. The van der Waals surface area contributed by atoms with E-state index in [0.29, 0.717) is 40.0 Å². The minimum Gasteiger partial charge on any atom is -0.497 e. The Morgan fingerprint density at radius 2 is 1.71 bits per heavy atom. The molecule has 1 atom stereocenters. The van der Waals surface area contributed by atoms with Crippen LogP contribution >= 0.6 is 23.2 Å². The van der Waals surface area contributed by atoms with E-state index in [1.54, 1.807) is 42.5 Å². The SMILES string of the molecule is CC[C@@H](C(=O)NCC(C)C)N(Cc1c(Cl)cccc1Cl)C(=O)CCCN(c1cccc(OC)c1)S(C)(=O)=O. The van der Waals surface area contributed by atoms with Crippen LogP contribution in [-0.2, 0) is 26.2 Å². The summed E-state index contributed by atoms with van der Waals surface area (Å²) >= 11 is 12.8. The van der Waals surface area contributed by atoms with Crippen LogP contribution < -0.4 is 14.4 Å². The normalized spacial score (nSPS) is 12.2. The Morgan fingerprint density at radius 1 is 1.08 bits per heavy atom. The van der Waals surface area contributed by atoms with Crippen LogP contribution in [0.15, 0.2) is 42.5 Å². The summed E-state index contributed by atoms with van der Waals surface area (Å²) in [5, 5.41) is 3.71. The molecule has 0 fully saturated rings. The molecule has 2 rings (SSSR count). The largest absolute Gasteiger partial charge is 0.497 e. The van der Waals surface area contributed by atoms with Crippen molar-refractivity contribution in [3.63, 3.8) is 0 Å². The maximum atomic E-state index is 13.6. The second-order valence-electron chi connectivity index (χ2n) is 9.43. The van der Waals surface area contributed by atoms with Crippen LogP contribution in [-0.4, -0.2) is 57.6 Å². The van der Waals surface area contributed by atoms with Crippen LogP contribution in [0.2, 0.25) is 10.0 Å². The number of amides is 2. The number of carbonyl (C=O) groups is 2. The van der Waals surface area contributed by atoms with Crippen LogP contribution in [0.1, 0.15) is 45.6 Å². The van der Waals surface area contributed by atoms with Gasteiger partial charge in [0.2, 0.25) is 21.8 Å². The molecule has 0 aromatic heterocycles. The van der Waals surface area contributed by atoms with Gasteiger partial charge in [-0.2, -0.15) is 0 Å². The lowest BCUT2D eigenvalue weighted by atomic mass is 10.1. The zero-order valence-corrected chi connectivity index (χ0v) is 24.9. The summed E-state index contributed by atoms with van der Waals surface area (Å²) in [6.45, 7) is 6.43. The fourth-order valence-corrected chi connectivity index (χ4v) is 5.44. The molecular weight excluding hydrogens is 549 g/mol. The molecule has 2 amide bonds. The summed E-state index contributed by atoms with van der Waals surface area (Å²) < 4.78 is 31.5. The number of rotatable bonds is 14. The second kappa shape index (κ2) is 14.6. The topological polar surface area (TPSA) is 96.0 Å². The van der Waals surface area contributed by atoms with Crippen LogP contribution in [0.5, 0.6) is 5.75 Å². The number of benzene rings is 2. The van der Waals surface area contributed by atoms with Gasteiger partial charge in [-0.05, 0) is 43.0 Å². The van der Waals surface area contributed by atoms with Crippen molar-refractivity contribution in [2.24, 2.45) is 5.92 Å². The number of halogens is 2. The summed E-state index contributed by atoms with van der Waals surface area (Å²) in [6.07, 6.45) is 1.76. The van der Waals surface area contributed by atoms with Crippen molar-refractivity contribution in [2.75, 3.05) is 30.8 Å². The van der Waals surface area contributed by atoms with Crippen LogP contribution in [0, 0.1) is 5.92 Å². The predicted octanol–water partition coefficient (Wildman–Crippen LogP) is 5.13. The molecule has 0 radical (unpaired) electrons. The summed E-state index contributed by atoms with van der Waals surface area (Å²) in [7, 11) is -2.11. The van der Waals surface area contributed by atoms with Gasteiger partial charge in [0.1, 0.15) is 11.8 Å². The van der Waals surface area contributed by atoms with Crippen molar-refractivity contribution < 1.29 is 22.7 Å². The highest BCUT2D eigenvalue weighted by molar-refractivity contribution is 7.92. The molecule has 0 heterocycles. The smallest absolute Gasteiger partial charge is 0.242 e. The molecule has 0 aliphatic rings.